The second kappa shape index (κ2) is 6.95. The molecule has 0 unspecified atom stereocenters. The molecule has 0 N–H and O–H groups in total. The molecule has 0 saturated heterocycles. The molecule has 0 saturated carbocycles. The number of nitrogens with zero attached hydrogens (tertiary/aromatic N) is 2. The monoisotopic (exact) mass is 314 g/mol. The zero-order valence-corrected chi connectivity index (χ0v) is 12.7. The van der Waals surface area contributed by atoms with Gasteiger partial charge in [-0.3, -0.25) is 4.79 Å². The van der Waals surface area contributed by atoms with Crippen LogP contribution in [-0.4, -0.2) is 28.0 Å². The number of hydrogen-bond donors (Lipinski definition) is 0. The van der Waals surface area contributed by atoms with Crippen molar-refractivity contribution in [2.45, 2.75) is 26.3 Å². The van der Waals surface area contributed by atoms with Crippen molar-refractivity contribution in [3.05, 3.63) is 29.0 Å². The minimum atomic E-state index is -0.208. The van der Waals surface area contributed by atoms with Crippen molar-refractivity contribution in [2.75, 3.05) is 12.5 Å². The Morgan fingerprint density at radius 1 is 1.45 bits per heavy atom. The first-order valence-corrected chi connectivity index (χ1v) is 7.43. The van der Waals surface area contributed by atoms with E-state index in [0.717, 1.165) is 16.9 Å². The Morgan fingerprint density at radius 3 is 2.95 bits per heavy atom. The molecular weight excluding hydrogens is 299 g/mol. The highest BCUT2D eigenvalue weighted by molar-refractivity contribution is 6.31. The summed E-state index contributed by atoms with van der Waals surface area (Å²) < 4.78 is 6.96. The molecule has 0 spiro atoms. The molecular formula is C14H16Cl2N2O2. The lowest BCUT2D eigenvalue weighted by Gasteiger charge is -2.08. The maximum Gasteiger partial charge on any atom is 0.307 e. The maximum absolute atomic E-state index is 11.5. The molecule has 0 amide bonds. The molecule has 20 heavy (non-hydrogen) atoms. The zero-order valence-electron chi connectivity index (χ0n) is 11.2. The summed E-state index contributed by atoms with van der Waals surface area (Å²) in [5, 5.41) is 0.643. The van der Waals surface area contributed by atoms with Crippen LogP contribution in [0.3, 0.4) is 0 Å². The van der Waals surface area contributed by atoms with Gasteiger partial charge in [-0.05, 0) is 25.1 Å². The Morgan fingerprint density at radius 2 is 2.25 bits per heavy atom. The van der Waals surface area contributed by atoms with Gasteiger partial charge in [-0.25, -0.2) is 4.98 Å². The van der Waals surface area contributed by atoms with Crippen molar-refractivity contribution < 1.29 is 9.53 Å². The second-order valence-electron chi connectivity index (χ2n) is 4.31. The fourth-order valence-electron chi connectivity index (χ4n) is 2.11. The number of carbonyl (C=O) groups is 1. The molecule has 0 atom stereocenters. The lowest BCUT2D eigenvalue weighted by molar-refractivity contribution is -0.143. The van der Waals surface area contributed by atoms with E-state index in [9.17, 15) is 4.79 Å². The predicted molar refractivity (Wildman–Crippen MR) is 80.4 cm³/mol. The summed E-state index contributed by atoms with van der Waals surface area (Å²) in [4.78, 5) is 16.0. The molecule has 2 aromatic rings. The topological polar surface area (TPSA) is 44.1 Å². The van der Waals surface area contributed by atoms with Crippen LogP contribution in [0.25, 0.3) is 11.0 Å². The fourth-order valence-corrected chi connectivity index (χ4v) is 2.45. The molecule has 1 aromatic heterocycles. The molecule has 6 heteroatoms. The fraction of sp³-hybridized carbons (Fsp3) is 0.429. The minimum absolute atomic E-state index is 0.208. The van der Waals surface area contributed by atoms with Crippen LogP contribution in [-0.2, 0) is 22.5 Å². The molecule has 1 aromatic carbocycles. The van der Waals surface area contributed by atoms with Crippen LogP contribution < -0.4 is 0 Å². The summed E-state index contributed by atoms with van der Waals surface area (Å²) in [7, 11) is 0. The standard InChI is InChI=1S/C14H16Cl2N2O2/c1-2-20-14(19)6-8-18-12-4-3-10(16)9-11(12)17-13(18)5-7-15/h3-4,9H,2,5-8H2,1H3. The third kappa shape index (κ3) is 3.44. The van der Waals surface area contributed by atoms with Crippen LogP contribution in [0.4, 0.5) is 0 Å². The Kier molecular flexibility index (Phi) is 5.26. The zero-order chi connectivity index (χ0) is 14.5. The van der Waals surface area contributed by atoms with Crippen molar-refractivity contribution in [3.63, 3.8) is 0 Å². The molecule has 108 valence electrons. The SMILES string of the molecule is CCOC(=O)CCn1c(CCCl)nc2cc(Cl)ccc21. The number of rotatable bonds is 6. The first-order valence-electron chi connectivity index (χ1n) is 6.52. The molecule has 0 aliphatic carbocycles. The third-order valence-corrected chi connectivity index (χ3v) is 3.38. The minimum Gasteiger partial charge on any atom is -0.466 e. The van der Waals surface area contributed by atoms with Crippen LogP contribution in [0.2, 0.25) is 5.02 Å². The molecule has 0 aliphatic rings. The summed E-state index contributed by atoms with van der Waals surface area (Å²) in [6.45, 7) is 2.72. The van der Waals surface area contributed by atoms with E-state index in [1.54, 1.807) is 6.92 Å². The van der Waals surface area contributed by atoms with Gasteiger partial charge in [0, 0.05) is 23.9 Å². The van der Waals surface area contributed by atoms with Crippen molar-refractivity contribution >= 4 is 40.2 Å². The second-order valence-corrected chi connectivity index (χ2v) is 5.12. The summed E-state index contributed by atoms with van der Waals surface area (Å²) in [6.07, 6.45) is 0.966. The van der Waals surface area contributed by atoms with E-state index in [1.807, 2.05) is 22.8 Å². The van der Waals surface area contributed by atoms with Crippen LogP contribution in [0.1, 0.15) is 19.2 Å². The number of esters is 1. The number of imidazole rings is 1. The number of aryl methyl sites for hydroxylation is 2. The maximum atomic E-state index is 11.5. The molecule has 2 rings (SSSR count). The largest absolute Gasteiger partial charge is 0.466 e. The van der Waals surface area contributed by atoms with Crippen molar-refractivity contribution in [1.82, 2.24) is 9.55 Å². The Bertz CT molecular complexity index is 610. The first-order chi connectivity index (χ1) is 9.65. The van der Waals surface area contributed by atoms with Gasteiger partial charge in [-0.2, -0.15) is 0 Å². The van der Waals surface area contributed by atoms with Crippen molar-refractivity contribution in [3.8, 4) is 0 Å². The van der Waals surface area contributed by atoms with E-state index >= 15 is 0 Å². The average molecular weight is 315 g/mol. The Labute approximate surface area is 127 Å². The number of carbonyl (C=O) groups excluding carboxylic acids is 1. The number of aromatic nitrogens is 2. The lowest BCUT2D eigenvalue weighted by atomic mass is 10.3. The summed E-state index contributed by atoms with van der Waals surface area (Å²) in [5.41, 5.74) is 1.78. The van der Waals surface area contributed by atoms with E-state index in [0.29, 0.717) is 36.9 Å². The highest BCUT2D eigenvalue weighted by Crippen LogP contribution is 2.21. The van der Waals surface area contributed by atoms with Crippen LogP contribution in [0.5, 0.6) is 0 Å². The highest BCUT2D eigenvalue weighted by atomic mass is 35.5. The third-order valence-electron chi connectivity index (χ3n) is 2.95. The van der Waals surface area contributed by atoms with E-state index in [1.165, 1.54) is 0 Å². The Hall–Kier alpha value is -1.26. The van der Waals surface area contributed by atoms with Crippen LogP contribution in [0.15, 0.2) is 18.2 Å². The van der Waals surface area contributed by atoms with Gasteiger partial charge in [0.1, 0.15) is 5.82 Å². The number of fused-ring (bicyclic) bond motifs is 1. The van der Waals surface area contributed by atoms with Crippen molar-refractivity contribution in [1.29, 1.82) is 0 Å². The normalized spacial score (nSPS) is 10.9. The van der Waals surface area contributed by atoms with Gasteiger partial charge in [-0.1, -0.05) is 11.6 Å². The average Bonchev–Trinajstić information content (AvgIpc) is 2.74. The number of hydrogen-bond acceptors (Lipinski definition) is 3. The Balaban J connectivity index is 2.28. The molecule has 0 radical (unpaired) electrons. The number of halogens is 2. The summed E-state index contributed by atoms with van der Waals surface area (Å²) in [6, 6.07) is 5.54. The molecule has 4 nitrogen and oxygen atoms in total. The molecule has 1 heterocycles. The van der Waals surface area contributed by atoms with Crippen molar-refractivity contribution in [2.24, 2.45) is 0 Å². The van der Waals surface area contributed by atoms with Gasteiger partial charge in [0.2, 0.25) is 0 Å². The van der Waals surface area contributed by atoms with Gasteiger partial charge in [0.15, 0.2) is 0 Å². The predicted octanol–water partition coefficient (Wildman–Crippen LogP) is 3.42. The van der Waals surface area contributed by atoms with E-state index in [-0.39, 0.29) is 5.97 Å². The van der Waals surface area contributed by atoms with Gasteiger partial charge in [-0.15, -0.1) is 11.6 Å². The molecule has 0 bridgehead atoms. The summed E-state index contributed by atoms with van der Waals surface area (Å²) in [5.74, 6) is 1.14. The van der Waals surface area contributed by atoms with E-state index in [4.69, 9.17) is 27.9 Å². The smallest absolute Gasteiger partial charge is 0.307 e. The van der Waals surface area contributed by atoms with E-state index in [2.05, 4.69) is 4.98 Å². The van der Waals surface area contributed by atoms with Gasteiger partial charge in [0.25, 0.3) is 0 Å². The van der Waals surface area contributed by atoms with Crippen LogP contribution >= 0.6 is 23.2 Å². The lowest BCUT2D eigenvalue weighted by Crippen LogP contribution is -2.11. The number of alkyl halides is 1. The number of ether oxygens (including phenoxy) is 1. The highest BCUT2D eigenvalue weighted by Gasteiger charge is 2.12. The number of benzene rings is 1. The van der Waals surface area contributed by atoms with Gasteiger partial charge in [0.05, 0.1) is 24.1 Å². The summed E-state index contributed by atoms with van der Waals surface area (Å²) >= 11 is 11.8. The van der Waals surface area contributed by atoms with Crippen LogP contribution in [0, 0.1) is 0 Å². The van der Waals surface area contributed by atoms with Gasteiger partial charge < -0.3 is 9.30 Å². The quantitative estimate of drug-likeness (QED) is 0.606. The van der Waals surface area contributed by atoms with E-state index < -0.39 is 0 Å². The first kappa shape index (κ1) is 15.1. The van der Waals surface area contributed by atoms with Gasteiger partial charge >= 0.3 is 5.97 Å². The molecule has 0 fully saturated rings. The molecule has 0 aliphatic heterocycles.